The van der Waals surface area contributed by atoms with Gasteiger partial charge < -0.3 is 20.1 Å². The van der Waals surface area contributed by atoms with Crippen molar-refractivity contribution in [2.75, 3.05) is 25.2 Å². The van der Waals surface area contributed by atoms with Crippen molar-refractivity contribution in [3.05, 3.63) is 58.5 Å². The second-order valence-electron chi connectivity index (χ2n) is 6.96. The summed E-state index contributed by atoms with van der Waals surface area (Å²) in [6, 6.07) is 12.1. The highest BCUT2D eigenvalue weighted by molar-refractivity contribution is 8.26. The van der Waals surface area contributed by atoms with Gasteiger partial charge >= 0.3 is 0 Å². The van der Waals surface area contributed by atoms with Gasteiger partial charge in [-0.15, -0.1) is 0 Å². The van der Waals surface area contributed by atoms with Crippen molar-refractivity contribution in [1.29, 1.82) is 0 Å². The van der Waals surface area contributed by atoms with E-state index in [-0.39, 0.29) is 37.6 Å². The van der Waals surface area contributed by atoms with Crippen LogP contribution in [0.3, 0.4) is 0 Å². The summed E-state index contributed by atoms with van der Waals surface area (Å²) in [5.74, 6) is 0.580. The van der Waals surface area contributed by atoms with E-state index in [2.05, 4.69) is 10.6 Å². The van der Waals surface area contributed by atoms with Gasteiger partial charge in [0.1, 0.15) is 4.32 Å². The number of ether oxygens (including phenoxy) is 2. The lowest BCUT2D eigenvalue weighted by Crippen LogP contribution is -2.37. The number of carbonyl (C=O) groups is 3. The van der Waals surface area contributed by atoms with Crippen LogP contribution in [0.4, 0.5) is 5.69 Å². The van der Waals surface area contributed by atoms with Crippen molar-refractivity contribution in [2.45, 2.75) is 6.92 Å². The Morgan fingerprint density at radius 1 is 1.19 bits per heavy atom. The highest BCUT2D eigenvalue weighted by Crippen LogP contribution is 2.36. The number of nitrogens with zero attached hydrogens (tertiary/aromatic N) is 1. The van der Waals surface area contributed by atoms with E-state index in [1.807, 2.05) is 12.1 Å². The molecule has 0 aliphatic carbocycles. The minimum Gasteiger partial charge on any atom is -0.454 e. The van der Waals surface area contributed by atoms with E-state index in [0.29, 0.717) is 32.0 Å². The summed E-state index contributed by atoms with van der Waals surface area (Å²) < 4.78 is 11.1. The lowest BCUT2D eigenvalue weighted by atomic mass is 10.2. The number of hydrogen-bond donors (Lipinski definition) is 2. The maximum Gasteiger partial charge on any atom is 0.266 e. The van der Waals surface area contributed by atoms with E-state index < -0.39 is 0 Å². The molecule has 2 N–H and O–H groups in total. The topological polar surface area (TPSA) is 97.0 Å². The molecule has 0 aromatic heterocycles. The lowest BCUT2D eigenvalue weighted by molar-refractivity contribution is -0.122. The van der Waals surface area contributed by atoms with Crippen molar-refractivity contribution in [3.8, 4) is 11.5 Å². The molecule has 3 amide bonds. The van der Waals surface area contributed by atoms with Crippen LogP contribution in [0.15, 0.2) is 47.4 Å². The van der Waals surface area contributed by atoms with Gasteiger partial charge in [0, 0.05) is 31.3 Å². The van der Waals surface area contributed by atoms with Gasteiger partial charge in [0.05, 0.1) is 4.91 Å². The van der Waals surface area contributed by atoms with E-state index in [0.717, 1.165) is 5.56 Å². The van der Waals surface area contributed by atoms with Gasteiger partial charge in [-0.3, -0.25) is 19.3 Å². The molecule has 0 atom stereocenters. The molecular formula is C22H19N3O5S2. The molecule has 0 unspecified atom stereocenters. The Kier molecular flexibility index (Phi) is 6.42. The molecule has 0 bridgehead atoms. The summed E-state index contributed by atoms with van der Waals surface area (Å²) >= 11 is 6.57. The van der Waals surface area contributed by atoms with Gasteiger partial charge in [0.15, 0.2) is 11.5 Å². The van der Waals surface area contributed by atoms with Crippen LogP contribution in [-0.2, 0) is 9.59 Å². The van der Waals surface area contributed by atoms with Gasteiger partial charge in [-0.2, -0.15) is 0 Å². The number of hydrogen-bond acceptors (Lipinski definition) is 7. The van der Waals surface area contributed by atoms with Crippen LogP contribution >= 0.6 is 24.0 Å². The summed E-state index contributed by atoms with van der Waals surface area (Å²) in [4.78, 5) is 38.4. The maximum absolute atomic E-state index is 12.8. The molecule has 164 valence electrons. The Hall–Kier alpha value is -3.37. The van der Waals surface area contributed by atoms with Gasteiger partial charge in [-0.1, -0.05) is 36.1 Å². The molecule has 1 fully saturated rings. The Balaban J connectivity index is 1.35. The molecule has 2 aliphatic rings. The van der Waals surface area contributed by atoms with Gasteiger partial charge in [-0.05, 0) is 42.0 Å². The Morgan fingerprint density at radius 2 is 2.00 bits per heavy atom. The van der Waals surface area contributed by atoms with E-state index in [4.69, 9.17) is 21.7 Å². The number of amides is 3. The molecular weight excluding hydrogens is 450 g/mol. The van der Waals surface area contributed by atoms with Crippen LogP contribution in [0, 0.1) is 0 Å². The predicted molar refractivity (Wildman–Crippen MR) is 126 cm³/mol. The zero-order valence-corrected chi connectivity index (χ0v) is 18.7. The standard InChI is InChI=1S/C22H19N3O5S2/c1-13(26)24-16-4-2-3-15(11-16)20(27)23-7-8-25-21(28)19(32-22(25)31)10-14-5-6-17-18(9-14)30-12-29-17/h2-6,9-11H,7-8,12H2,1H3,(H,23,27)(H,24,26)/b19-10-. The van der Waals surface area contributed by atoms with Crippen molar-refractivity contribution in [3.63, 3.8) is 0 Å². The SMILES string of the molecule is CC(=O)Nc1cccc(C(=O)NCCN2C(=O)/C(=C/c3ccc4c(c3)OCO4)SC2=S)c1. The monoisotopic (exact) mass is 469 g/mol. The fourth-order valence-corrected chi connectivity index (χ4v) is 4.48. The molecule has 0 spiro atoms. The van der Waals surface area contributed by atoms with Crippen molar-refractivity contribution < 1.29 is 23.9 Å². The van der Waals surface area contributed by atoms with Gasteiger partial charge in [0.25, 0.3) is 11.8 Å². The molecule has 2 heterocycles. The largest absolute Gasteiger partial charge is 0.454 e. The number of anilines is 1. The molecule has 0 saturated carbocycles. The highest BCUT2D eigenvalue weighted by atomic mass is 32.2. The number of nitrogens with one attached hydrogen (secondary N) is 2. The molecule has 0 radical (unpaired) electrons. The Labute approximate surface area is 193 Å². The van der Waals surface area contributed by atoms with Crippen molar-refractivity contribution >= 4 is 57.8 Å². The third-order valence-electron chi connectivity index (χ3n) is 4.63. The summed E-state index contributed by atoms with van der Waals surface area (Å²) in [6.45, 7) is 2.06. The molecule has 2 aliphatic heterocycles. The molecule has 32 heavy (non-hydrogen) atoms. The van der Waals surface area contributed by atoms with E-state index in [9.17, 15) is 14.4 Å². The normalized spacial score (nSPS) is 15.9. The fraction of sp³-hybridized carbons (Fsp3) is 0.182. The zero-order valence-electron chi connectivity index (χ0n) is 17.0. The molecule has 8 nitrogen and oxygen atoms in total. The average molecular weight is 470 g/mol. The number of thiocarbonyl (C=S) groups is 1. The third kappa shape index (κ3) is 4.92. The average Bonchev–Trinajstić information content (AvgIpc) is 3.32. The summed E-state index contributed by atoms with van der Waals surface area (Å²) in [5.41, 5.74) is 1.75. The van der Waals surface area contributed by atoms with Crippen LogP contribution in [0.5, 0.6) is 11.5 Å². The zero-order chi connectivity index (χ0) is 22.7. The molecule has 2 aromatic rings. The third-order valence-corrected chi connectivity index (χ3v) is 6.01. The fourth-order valence-electron chi connectivity index (χ4n) is 3.17. The lowest BCUT2D eigenvalue weighted by Gasteiger charge is -2.15. The Morgan fingerprint density at radius 3 is 2.81 bits per heavy atom. The van der Waals surface area contributed by atoms with E-state index in [1.165, 1.54) is 23.6 Å². The maximum atomic E-state index is 12.8. The van der Waals surface area contributed by atoms with Gasteiger partial charge in [-0.25, -0.2) is 0 Å². The molecule has 2 aromatic carbocycles. The first kappa shape index (κ1) is 21.8. The first-order valence-corrected chi connectivity index (χ1v) is 10.9. The second-order valence-corrected chi connectivity index (χ2v) is 8.64. The number of benzene rings is 2. The minimum absolute atomic E-state index is 0.185. The van der Waals surface area contributed by atoms with Gasteiger partial charge in [0.2, 0.25) is 12.7 Å². The summed E-state index contributed by atoms with van der Waals surface area (Å²) in [6.07, 6.45) is 1.76. The number of rotatable bonds is 6. The molecule has 10 heteroatoms. The quantitative estimate of drug-likeness (QED) is 0.496. The van der Waals surface area contributed by atoms with E-state index in [1.54, 1.807) is 36.4 Å². The van der Waals surface area contributed by atoms with Crippen LogP contribution in [0.1, 0.15) is 22.8 Å². The highest BCUT2D eigenvalue weighted by Gasteiger charge is 2.31. The van der Waals surface area contributed by atoms with Crippen LogP contribution in [0.25, 0.3) is 6.08 Å². The van der Waals surface area contributed by atoms with Crippen LogP contribution in [-0.4, -0.2) is 46.8 Å². The predicted octanol–water partition coefficient (Wildman–Crippen LogP) is 3.00. The second kappa shape index (κ2) is 9.41. The smallest absolute Gasteiger partial charge is 0.266 e. The number of thioether (sulfide) groups is 1. The van der Waals surface area contributed by atoms with Crippen LogP contribution < -0.4 is 20.1 Å². The van der Waals surface area contributed by atoms with Crippen LogP contribution in [0.2, 0.25) is 0 Å². The molecule has 1 saturated heterocycles. The Bertz CT molecular complexity index is 1150. The van der Waals surface area contributed by atoms with Crippen molar-refractivity contribution in [2.24, 2.45) is 0 Å². The van der Waals surface area contributed by atoms with Crippen molar-refractivity contribution in [1.82, 2.24) is 10.2 Å². The first-order chi connectivity index (χ1) is 15.4. The number of carbonyl (C=O) groups excluding carboxylic acids is 3. The molecule has 4 rings (SSSR count). The summed E-state index contributed by atoms with van der Waals surface area (Å²) in [7, 11) is 0. The number of fused-ring (bicyclic) bond motifs is 1. The van der Waals surface area contributed by atoms with E-state index >= 15 is 0 Å². The summed E-state index contributed by atoms with van der Waals surface area (Å²) in [5, 5.41) is 5.41. The minimum atomic E-state index is -0.307. The first-order valence-electron chi connectivity index (χ1n) is 9.71.